The Hall–Kier alpha value is -1.16. The number of nitrogens with one attached hydrogen (secondary N) is 1. The fourth-order valence-corrected chi connectivity index (χ4v) is 1.17. The van der Waals surface area contributed by atoms with E-state index in [0.717, 1.165) is 12.1 Å². The number of pyridine rings is 1. The molecule has 64 valence electrons. The first-order chi connectivity index (χ1) is 5.63. The fourth-order valence-electron chi connectivity index (χ4n) is 0.915. The standard InChI is InChI=1S/C8H9NO2S/c1-2-6-3-5(8(10)11)4-7(12)9-6/h3-4H,2H2,1H3,(H,9,12)(H,10,11). The third-order valence-corrected chi connectivity index (χ3v) is 1.75. The van der Waals surface area contributed by atoms with E-state index in [-0.39, 0.29) is 5.56 Å². The molecule has 0 aliphatic rings. The Morgan fingerprint density at radius 1 is 1.67 bits per heavy atom. The van der Waals surface area contributed by atoms with Gasteiger partial charge in [0.25, 0.3) is 0 Å². The van der Waals surface area contributed by atoms with Gasteiger partial charge in [0.2, 0.25) is 0 Å². The monoisotopic (exact) mass is 183 g/mol. The second-order valence-corrected chi connectivity index (χ2v) is 2.86. The molecule has 3 nitrogen and oxygen atoms in total. The highest BCUT2D eigenvalue weighted by molar-refractivity contribution is 7.71. The van der Waals surface area contributed by atoms with E-state index < -0.39 is 5.97 Å². The summed E-state index contributed by atoms with van der Waals surface area (Å²) in [4.78, 5) is 13.5. The number of carbonyl (C=O) groups is 1. The second-order valence-electron chi connectivity index (χ2n) is 2.42. The van der Waals surface area contributed by atoms with Gasteiger partial charge < -0.3 is 10.1 Å². The molecule has 0 radical (unpaired) electrons. The summed E-state index contributed by atoms with van der Waals surface area (Å²) >= 11 is 4.85. The first kappa shape index (κ1) is 8.93. The van der Waals surface area contributed by atoms with Crippen LogP contribution in [-0.2, 0) is 6.42 Å². The Bertz CT molecular complexity index is 356. The van der Waals surface area contributed by atoms with E-state index in [1.165, 1.54) is 6.07 Å². The zero-order valence-electron chi connectivity index (χ0n) is 6.63. The van der Waals surface area contributed by atoms with E-state index >= 15 is 0 Å². The van der Waals surface area contributed by atoms with Gasteiger partial charge in [0.05, 0.1) is 5.56 Å². The normalized spacial score (nSPS) is 9.75. The van der Waals surface area contributed by atoms with Crippen LogP contribution in [0.2, 0.25) is 0 Å². The van der Waals surface area contributed by atoms with Gasteiger partial charge in [-0.25, -0.2) is 4.79 Å². The van der Waals surface area contributed by atoms with Crippen molar-refractivity contribution in [3.63, 3.8) is 0 Å². The molecule has 0 aliphatic carbocycles. The van der Waals surface area contributed by atoms with Crippen molar-refractivity contribution in [2.24, 2.45) is 0 Å². The minimum absolute atomic E-state index is 0.246. The van der Waals surface area contributed by atoms with Crippen LogP contribution in [0.3, 0.4) is 0 Å². The molecule has 1 aromatic rings. The van der Waals surface area contributed by atoms with Crippen LogP contribution in [0, 0.1) is 4.64 Å². The molecule has 0 aliphatic heterocycles. The molecule has 0 aromatic carbocycles. The summed E-state index contributed by atoms with van der Waals surface area (Å²) in [5.41, 5.74) is 1.09. The van der Waals surface area contributed by atoms with Gasteiger partial charge in [-0.05, 0) is 18.6 Å². The minimum Gasteiger partial charge on any atom is -0.478 e. The lowest BCUT2D eigenvalue weighted by Crippen LogP contribution is -1.99. The molecular formula is C8H9NO2S. The van der Waals surface area contributed by atoms with E-state index in [1.54, 1.807) is 6.07 Å². The number of aromatic carboxylic acids is 1. The van der Waals surface area contributed by atoms with Crippen LogP contribution in [-0.4, -0.2) is 16.1 Å². The molecule has 1 rings (SSSR count). The Labute approximate surface area is 75.1 Å². The van der Waals surface area contributed by atoms with Crippen LogP contribution in [0.4, 0.5) is 0 Å². The van der Waals surface area contributed by atoms with E-state index in [9.17, 15) is 4.79 Å². The van der Waals surface area contributed by atoms with E-state index in [1.807, 2.05) is 6.92 Å². The second kappa shape index (κ2) is 3.49. The number of carboxylic acid groups (broad SMARTS) is 1. The van der Waals surface area contributed by atoms with E-state index in [4.69, 9.17) is 17.3 Å². The maximum atomic E-state index is 10.6. The summed E-state index contributed by atoms with van der Waals surface area (Å²) in [6, 6.07) is 3.04. The van der Waals surface area contributed by atoms with Gasteiger partial charge in [0, 0.05) is 5.69 Å². The predicted molar refractivity (Wildman–Crippen MR) is 48.0 cm³/mol. The zero-order valence-corrected chi connectivity index (χ0v) is 7.44. The van der Waals surface area contributed by atoms with E-state index in [2.05, 4.69) is 4.98 Å². The molecule has 2 N–H and O–H groups in total. The lowest BCUT2D eigenvalue weighted by molar-refractivity contribution is 0.0696. The van der Waals surface area contributed by atoms with Gasteiger partial charge in [0.1, 0.15) is 4.64 Å². The highest BCUT2D eigenvalue weighted by atomic mass is 32.1. The number of carboxylic acids is 1. The average Bonchev–Trinajstić information content (AvgIpc) is 2.03. The maximum absolute atomic E-state index is 10.6. The van der Waals surface area contributed by atoms with Gasteiger partial charge in [-0.3, -0.25) is 0 Å². The lowest BCUT2D eigenvalue weighted by atomic mass is 10.2. The summed E-state index contributed by atoms with van der Waals surface area (Å²) in [5, 5.41) is 8.67. The topological polar surface area (TPSA) is 53.1 Å². The molecule has 1 heterocycles. The largest absolute Gasteiger partial charge is 0.478 e. The quantitative estimate of drug-likeness (QED) is 0.689. The molecule has 12 heavy (non-hydrogen) atoms. The molecule has 0 bridgehead atoms. The van der Waals surface area contributed by atoms with E-state index in [0.29, 0.717) is 4.64 Å². The first-order valence-corrected chi connectivity index (χ1v) is 4.01. The molecule has 0 spiro atoms. The molecule has 0 unspecified atom stereocenters. The maximum Gasteiger partial charge on any atom is 0.335 e. The Kier molecular flexibility index (Phi) is 2.60. The van der Waals surface area contributed by atoms with Crippen molar-refractivity contribution in [3.05, 3.63) is 28.0 Å². The molecular weight excluding hydrogens is 174 g/mol. The molecule has 0 atom stereocenters. The third-order valence-electron chi connectivity index (χ3n) is 1.53. The number of rotatable bonds is 2. The van der Waals surface area contributed by atoms with Crippen LogP contribution in [0.15, 0.2) is 12.1 Å². The molecule has 1 aromatic heterocycles. The van der Waals surface area contributed by atoms with Gasteiger partial charge in [-0.2, -0.15) is 0 Å². The SMILES string of the molecule is CCc1cc(C(=O)O)cc(=S)[nH]1. The Morgan fingerprint density at radius 3 is 2.83 bits per heavy atom. The highest BCUT2D eigenvalue weighted by Gasteiger charge is 2.02. The summed E-state index contributed by atoms with van der Waals surface area (Å²) < 4.78 is 0.465. The van der Waals surface area contributed by atoms with Crippen molar-refractivity contribution < 1.29 is 9.90 Å². The van der Waals surface area contributed by atoms with Crippen molar-refractivity contribution in [3.8, 4) is 0 Å². The first-order valence-electron chi connectivity index (χ1n) is 3.60. The summed E-state index contributed by atoms with van der Waals surface area (Å²) in [6.45, 7) is 1.94. The minimum atomic E-state index is -0.940. The van der Waals surface area contributed by atoms with Crippen molar-refractivity contribution >= 4 is 18.2 Å². The summed E-state index contributed by atoms with van der Waals surface area (Å²) in [5.74, 6) is -0.940. The molecule has 0 fully saturated rings. The van der Waals surface area contributed by atoms with Crippen LogP contribution in [0.5, 0.6) is 0 Å². The van der Waals surface area contributed by atoms with Crippen LogP contribution >= 0.6 is 12.2 Å². The summed E-state index contributed by atoms with van der Waals surface area (Å²) in [6.07, 6.45) is 0.755. The fraction of sp³-hybridized carbons (Fsp3) is 0.250. The van der Waals surface area contributed by atoms with Gasteiger partial charge in [-0.1, -0.05) is 19.1 Å². The molecule has 0 saturated heterocycles. The number of H-pyrrole nitrogens is 1. The van der Waals surface area contributed by atoms with Gasteiger partial charge >= 0.3 is 5.97 Å². The lowest BCUT2D eigenvalue weighted by Gasteiger charge is -1.98. The zero-order chi connectivity index (χ0) is 9.14. The number of aryl methyl sites for hydroxylation is 1. The van der Waals surface area contributed by atoms with Gasteiger partial charge in [0.15, 0.2) is 0 Å². The number of hydrogen-bond acceptors (Lipinski definition) is 2. The van der Waals surface area contributed by atoms with Crippen LogP contribution in [0.25, 0.3) is 0 Å². The van der Waals surface area contributed by atoms with Crippen LogP contribution in [0.1, 0.15) is 23.0 Å². The molecule has 0 amide bonds. The smallest absolute Gasteiger partial charge is 0.335 e. The number of hydrogen-bond donors (Lipinski definition) is 2. The number of aromatic nitrogens is 1. The van der Waals surface area contributed by atoms with Crippen LogP contribution < -0.4 is 0 Å². The predicted octanol–water partition coefficient (Wildman–Crippen LogP) is 2.00. The highest BCUT2D eigenvalue weighted by Crippen LogP contribution is 2.03. The molecule has 0 saturated carbocycles. The van der Waals surface area contributed by atoms with Crippen molar-refractivity contribution in [2.45, 2.75) is 13.3 Å². The summed E-state index contributed by atoms with van der Waals surface area (Å²) in [7, 11) is 0. The third kappa shape index (κ3) is 1.92. The number of aromatic amines is 1. The Balaban J connectivity index is 3.24. The molecule has 4 heteroatoms. The Morgan fingerprint density at radius 2 is 2.33 bits per heavy atom. The average molecular weight is 183 g/mol. The van der Waals surface area contributed by atoms with Crippen molar-refractivity contribution in [1.29, 1.82) is 0 Å². The van der Waals surface area contributed by atoms with Crippen molar-refractivity contribution in [1.82, 2.24) is 4.98 Å². The van der Waals surface area contributed by atoms with Gasteiger partial charge in [-0.15, -0.1) is 0 Å². The van der Waals surface area contributed by atoms with Crippen molar-refractivity contribution in [2.75, 3.05) is 0 Å².